The number of aryl methyl sites for hydroxylation is 1. The molecule has 0 spiro atoms. The molecule has 0 aliphatic rings. The van der Waals surface area contributed by atoms with Gasteiger partial charge in [-0.2, -0.15) is 0 Å². The number of hydrogen-bond acceptors (Lipinski definition) is 2. The second-order valence-corrected chi connectivity index (χ2v) is 4.33. The molecule has 2 aromatic rings. The lowest BCUT2D eigenvalue weighted by molar-refractivity contribution is 0.628. The number of nitrogens with zero attached hydrogens (tertiary/aromatic N) is 1. The smallest absolute Gasteiger partial charge is 0.127 e. The first-order chi connectivity index (χ1) is 8.60. The second-order valence-electron chi connectivity index (χ2n) is 4.33. The van der Waals surface area contributed by atoms with Crippen LogP contribution in [0.3, 0.4) is 0 Å². The van der Waals surface area contributed by atoms with Crippen LogP contribution < -0.4 is 10.6 Å². The van der Waals surface area contributed by atoms with Crippen molar-refractivity contribution in [1.82, 2.24) is 0 Å². The van der Waals surface area contributed by atoms with Gasteiger partial charge in [0.05, 0.1) is 0 Å². The van der Waals surface area contributed by atoms with Crippen LogP contribution in [-0.2, 0) is 0 Å². The average molecular weight is 244 g/mol. The van der Waals surface area contributed by atoms with E-state index < -0.39 is 0 Å². The van der Waals surface area contributed by atoms with Crippen LogP contribution in [-0.4, -0.2) is 6.54 Å². The number of nitrogens with two attached hydrogens (primary N) is 1. The highest BCUT2D eigenvalue weighted by Crippen LogP contribution is 2.28. The van der Waals surface area contributed by atoms with Gasteiger partial charge in [0.2, 0.25) is 0 Å². The maximum absolute atomic E-state index is 13.4. The molecule has 0 amide bonds. The summed E-state index contributed by atoms with van der Waals surface area (Å²) in [6.07, 6.45) is 0. The van der Waals surface area contributed by atoms with Crippen LogP contribution in [0.15, 0.2) is 42.5 Å². The van der Waals surface area contributed by atoms with Crippen LogP contribution in [0.1, 0.15) is 12.5 Å². The van der Waals surface area contributed by atoms with E-state index in [0.29, 0.717) is 5.69 Å². The Morgan fingerprint density at radius 3 is 2.50 bits per heavy atom. The van der Waals surface area contributed by atoms with Gasteiger partial charge in [-0.15, -0.1) is 0 Å². The van der Waals surface area contributed by atoms with E-state index in [4.69, 9.17) is 5.73 Å². The normalized spacial score (nSPS) is 10.4. The fourth-order valence-corrected chi connectivity index (χ4v) is 2.06. The van der Waals surface area contributed by atoms with Crippen molar-refractivity contribution < 1.29 is 4.39 Å². The molecule has 2 nitrogen and oxygen atoms in total. The molecule has 0 atom stereocenters. The molecule has 0 saturated carbocycles. The Balaban J connectivity index is 2.45. The number of nitrogen functional groups attached to an aromatic ring is 1. The summed E-state index contributed by atoms with van der Waals surface area (Å²) in [6, 6.07) is 12.7. The molecule has 0 fully saturated rings. The molecular formula is C15H17FN2. The van der Waals surface area contributed by atoms with Crippen LogP contribution in [0.2, 0.25) is 0 Å². The summed E-state index contributed by atoms with van der Waals surface area (Å²) in [5.74, 6) is -0.309. The van der Waals surface area contributed by atoms with Gasteiger partial charge in [-0.05, 0) is 49.7 Å². The summed E-state index contributed by atoms with van der Waals surface area (Å²) in [5.41, 5.74) is 9.13. The predicted octanol–water partition coefficient (Wildman–Crippen LogP) is 3.87. The van der Waals surface area contributed by atoms with Crippen molar-refractivity contribution in [3.63, 3.8) is 0 Å². The molecule has 0 saturated heterocycles. The first-order valence-electron chi connectivity index (χ1n) is 6.00. The van der Waals surface area contributed by atoms with Gasteiger partial charge < -0.3 is 10.6 Å². The van der Waals surface area contributed by atoms with Gasteiger partial charge >= 0.3 is 0 Å². The first kappa shape index (κ1) is 12.4. The Labute approximate surface area is 107 Å². The average Bonchev–Trinajstić information content (AvgIpc) is 2.28. The highest BCUT2D eigenvalue weighted by atomic mass is 19.1. The predicted molar refractivity (Wildman–Crippen MR) is 74.7 cm³/mol. The van der Waals surface area contributed by atoms with Gasteiger partial charge in [0.1, 0.15) is 5.82 Å². The van der Waals surface area contributed by atoms with Crippen molar-refractivity contribution in [1.29, 1.82) is 0 Å². The molecule has 94 valence electrons. The summed E-state index contributed by atoms with van der Waals surface area (Å²) < 4.78 is 13.4. The highest BCUT2D eigenvalue weighted by molar-refractivity contribution is 5.67. The molecule has 0 radical (unpaired) electrons. The molecule has 0 aliphatic carbocycles. The van der Waals surface area contributed by atoms with Crippen LogP contribution in [0.5, 0.6) is 0 Å². The first-order valence-corrected chi connectivity index (χ1v) is 6.00. The van der Waals surface area contributed by atoms with E-state index in [1.807, 2.05) is 36.9 Å². The van der Waals surface area contributed by atoms with Crippen LogP contribution in [0, 0.1) is 12.7 Å². The Morgan fingerprint density at radius 1 is 1.11 bits per heavy atom. The standard InChI is InChI=1S/C15H17FN2/c1-3-18(14-6-4-5-11(2)7-14)15-9-12(16)8-13(17)10-15/h4-10H,3,17H2,1-2H3. The van der Waals surface area contributed by atoms with Gasteiger partial charge in [0.25, 0.3) is 0 Å². The number of halogens is 1. The van der Waals surface area contributed by atoms with Crippen LogP contribution >= 0.6 is 0 Å². The minimum Gasteiger partial charge on any atom is -0.399 e. The third-order valence-electron chi connectivity index (χ3n) is 2.85. The Kier molecular flexibility index (Phi) is 3.51. The van der Waals surface area contributed by atoms with E-state index in [2.05, 4.69) is 6.07 Å². The van der Waals surface area contributed by atoms with Crippen LogP contribution in [0.25, 0.3) is 0 Å². The molecule has 0 bridgehead atoms. The van der Waals surface area contributed by atoms with E-state index in [1.165, 1.54) is 17.7 Å². The van der Waals surface area contributed by atoms with Crippen molar-refractivity contribution in [2.75, 3.05) is 17.2 Å². The molecule has 0 heterocycles. The summed E-state index contributed by atoms with van der Waals surface area (Å²) in [6.45, 7) is 4.83. The SMILES string of the molecule is CCN(c1cccc(C)c1)c1cc(N)cc(F)c1. The van der Waals surface area contributed by atoms with Gasteiger partial charge in [-0.25, -0.2) is 4.39 Å². The van der Waals surface area contributed by atoms with Gasteiger partial charge in [0.15, 0.2) is 0 Å². The topological polar surface area (TPSA) is 29.3 Å². The molecule has 2 aromatic carbocycles. The third kappa shape index (κ3) is 2.62. The Bertz CT molecular complexity index is 532. The second kappa shape index (κ2) is 5.08. The van der Waals surface area contributed by atoms with E-state index in [-0.39, 0.29) is 5.82 Å². The van der Waals surface area contributed by atoms with Gasteiger partial charge in [0, 0.05) is 23.6 Å². The molecule has 2 N–H and O–H groups in total. The molecular weight excluding hydrogens is 227 g/mol. The number of anilines is 3. The summed E-state index contributed by atoms with van der Waals surface area (Å²) in [7, 11) is 0. The fraction of sp³-hybridized carbons (Fsp3) is 0.200. The van der Waals surface area contributed by atoms with E-state index in [1.54, 1.807) is 6.07 Å². The molecule has 2 rings (SSSR count). The fourth-order valence-electron chi connectivity index (χ4n) is 2.06. The zero-order valence-electron chi connectivity index (χ0n) is 10.7. The largest absolute Gasteiger partial charge is 0.399 e. The number of rotatable bonds is 3. The van der Waals surface area contributed by atoms with Gasteiger partial charge in [-0.3, -0.25) is 0 Å². The molecule has 0 aromatic heterocycles. The summed E-state index contributed by atoms with van der Waals surface area (Å²) in [5, 5.41) is 0. The highest BCUT2D eigenvalue weighted by Gasteiger charge is 2.09. The number of hydrogen-bond donors (Lipinski definition) is 1. The Hall–Kier alpha value is -2.03. The lowest BCUT2D eigenvalue weighted by atomic mass is 10.2. The third-order valence-corrected chi connectivity index (χ3v) is 2.85. The maximum atomic E-state index is 13.4. The van der Waals surface area contributed by atoms with E-state index in [0.717, 1.165) is 17.9 Å². The lowest BCUT2D eigenvalue weighted by Gasteiger charge is -2.24. The molecule has 0 aliphatic heterocycles. The molecule has 18 heavy (non-hydrogen) atoms. The van der Waals surface area contributed by atoms with Crippen molar-refractivity contribution in [2.45, 2.75) is 13.8 Å². The van der Waals surface area contributed by atoms with Crippen molar-refractivity contribution in [3.05, 3.63) is 53.8 Å². The van der Waals surface area contributed by atoms with Crippen molar-refractivity contribution in [3.8, 4) is 0 Å². The Morgan fingerprint density at radius 2 is 1.89 bits per heavy atom. The molecule has 3 heteroatoms. The maximum Gasteiger partial charge on any atom is 0.127 e. The molecule has 0 unspecified atom stereocenters. The van der Waals surface area contributed by atoms with Crippen molar-refractivity contribution in [2.24, 2.45) is 0 Å². The summed E-state index contributed by atoms with van der Waals surface area (Å²) in [4.78, 5) is 2.03. The van der Waals surface area contributed by atoms with Gasteiger partial charge in [-0.1, -0.05) is 12.1 Å². The van der Waals surface area contributed by atoms with Crippen LogP contribution in [0.4, 0.5) is 21.5 Å². The number of benzene rings is 2. The summed E-state index contributed by atoms with van der Waals surface area (Å²) >= 11 is 0. The quantitative estimate of drug-likeness (QED) is 0.830. The monoisotopic (exact) mass is 244 g/mol. The van der Waals surface area contributed by atoms with E-state index in [9.17, 15) is 4.39 Å². The van der Waals surface area contributed by atoms with E-state index >= 15 is 0 Å². The van der Waals surface area contributed by atoms with Crippen molar-refractivity contribution >= 4 is 17.1 Å². The minimum atomic E-state index is -0.309. The zero-order valence-corrected chi connectivity index (χ0v) is 10.7. The minimum absolute atomic E-state index is 0.309. The zero-order chi connectivity index (χ0) is 13.1. The lowest BCUT2D eigenvalue weighted by Crippen LogP contribution is -2.16.